The average molecular weight is 265 g/mol. The Morgan fingerprint density at radius 1 is 1.11 bits per heavy atom. The van der Waals surface area contributed by atoms with Gasteiger partial charge in [-0.15, -0.1) is 0 Å². The van der Waals surface area contributed by atoms with Crippen molar-refractivity contribution < 1.29 is 13.5 Å². The predicted octanol–water partition coefficient (Wildman–Crippen LogP) is 2.23. The Hall–Kier alpha value is -1.59. The van der Waals surface area contributed by atoms with E-state index in [1.54, 1.807) is 30.3 Å². The Morgan fingerprint density at radius 3 is 2.50 bits per heavy atom. The lowest BCUT2D eigenvalue weighted by molar-refractivity contribution is 0.476. The Bertz CT molecular complexity index is 665. The molecule has 0 radical (unpaired) electrons. The minimum Gasteiger partial charge on any atom is -0.508 e. The van der Waals surface area contributed by atoms with Crippen LogP contribution in [0, 0.1) is 0 Å². The second-order valence-corrected chi connectivity index (χ2v) is 5.86. The number of phenolic OH excluding ortho intramolecular Hbond substituents is 1. The number of phenols is 1. The van der Waals surface area contributed by atoms with Crippen LogP contribution < -0.4 is 4.72 Å². The molecule has 0 saturated heterocycles. The molecule has 0 amide bonds. The third kappa shape index (κ3) is 2.63. The van der Waals surface area contributed by atoms with Crippen molar-refractivity contribution in [1.82, 2.24) is 4.72 Å². The van der Waals surface area contributed by atoms with Crippen LogP contribution in [0.5, 0.6) is 5.75 Å². The van der Waals surface area contributed by atoms with E-state index in [-0.39, 0.29) is 10.6 Å². The van der Waals surface area contributed by atoms with Gasteiger partial charge in [-0.1, -0.05) is 19.1 Å². The highest BCUT2D eigenvalue weighted by Crippen LogP contribution is 2.22. The van der Waals surface area contributed by atoms with E-state index in [1.165, 1.54) is 6.07 Å². The molecule has 0 aliphatic rings. The first kappa shape index (κ1) is 12.9. The van der Waals surface area contributed by atoms with Crippen LogP contribution in [0.4, 0.5) is 0 Å². The van der Waals surface area contributed by atoms with Crippen LogP contribution in [0.3, 0.4) is 0 Å². The van der Waals surface area contributed by atoms with Gasteiger partial charge in [-0.25, -0.2) is 13.1 Å². The van der Waals surface area contributed by atoms with Gasteiger partial charge in [0.25, 0.3) is 0 Å². The Kier molecular flexibility index (Phi) is 3.54. The lowest BCUT2D eigenvalue weighted by atomic mass is 10.1. The van der Waals surface area contributed by atoms with E-state index in [2.05, 4.69) is 4.72 Å². The topological polar surface area (TPSA) is 66.4 Å². The van der Waals surface area contributed by atoms with Crippen molar-refractivity contribution in [3.8, 4) is 5.75 Å². The molecule has 18 heavy (non-hydrogen) atoms. The molecular formula is C13H15NO3S. The summed E-state index contributed by atoms with van der Waals surface area (Å²) >= 11 is 0. The molecule has 0 bridgehead atoms. The summed E-state index contributed by atoms with van der Waals surface area (Å²) in [6.45, 7) is 2.33. The van der Waals surface area contributed by atoms with Crippen LogP contribution in [-0.2, 0) is 10.0 Å². The van der Waals surface area contributed by atoms with Gasteiger partial charge in [0.15, 0.2) is 0 Å². The molecule has 2 aromatic rings. The van der Waals surface area contributed by atoms with Crippen molar-refractivity contribution >= 4 is 20.8 Å². The van der Waals surface area contributed by atoms with Gasteiger partial charge >= 0.3 is 0 Å². The maximum absolute atomic E-state index is 11.9. The Balaban J connectivity index is 2.44. The summed E-state index contributed by atoms with van der Waals surface area (Å²) in [7, 11) is -3.44. The Labute approximate surface area is 106 Å². The first-order valence-corrected chi connectivity index (χ1v) is 7.24. The van der Waals surface area contributed by atoms with Gasteiger partial charge in [-0.05, 0) is 41.5 Å². The number of fused-ring (bicyclic) bond motifs is 1. The van der Waals surface area contributed by atoms with Gasteiger partial charge < -0.3 is 5.11 Å². The summed E-state index contributed by atoms with van der Waals surface area (Å²) in [5.74, 6) is 0.169. The number of hydrogen-bond acceptors (Lipinski definition) is 3. The molecule has 4 nitrogen and oxygen atoms in total. The highest BCUT2D eigenvalue weighted by Gasteiger charge is 2.13. The molecule has 0 heterocycles. The molecule has 5 heteroatoms. The van der Waals surface area contributed by atoms with Crippen molar-refractivity contribution in [3.63, 3.8) is 0 Å². The molecule has 0 atom stereocenters. The van der Waals surface area contributed by atoms with Crippen molar-refractivity contribution in [1.29, 1.82) is 0 Å². The molecular weight excluding hydrogens is 250 g/mol. The smallest absolute Gasteiger partial charge is 0.240 e. The van der Waals surface area contributed by atoms with Gasteiger partial charge in [0, 0.05) is 6.54 Å². The van der Waals surface area contributed by atoms with Crippen LogP contribution in [-0.4, -0.2) is 20.1 Å². The summed E-state index contributed by atoms with van der Waals surface area (Å²) in [6.07, 6.45) is 0.751. The van der Waals surface area contributed by atoms with Gasteiger partial charge in [0.05, 0.1) is 4.90 Å². The molecule has 2 rings (SSSR count). The third-order valence-electron chi connectivity index (χ3n) is 2.65. The molecule has 0 spiro atoms. The lowest BCUT2D eigenvalue weighted by Crippen LogP contribution is -2.24. The van der Waals surface area contributed by atoms with Crippen molar-refractivity contribution in [2.24, 2.45) is 0 Å². The largest absolute Gasteiger partial charge is 0.508 e. The summed E-state index contributed by atoms with van der Waals surface area (Å²) in [5.41, 5.74) is 0. The molecule has 2 aromatic carbocycles. The second kappa shape index (κ2) is 4.96. The second-order valence-electron chi connectivity index (χ2n) is 4.09. The van der Waals surface area contributed by atoms with E-state index in [0.717, 1.165) is 17.2 Å². The normalized spacial score (nSPS) is 11.8. The average Bonchev–Trinajstić information content (AvgIpc) is 2.35. The standard InChI is InChI=1S/C13H15NO3S/c1-2-7-14-18(16,17)13-6-4-10-8-12(15)5-3-11(10)9-13/h3-6,8-9,14-15H,2,7H2,1H3. The molecule has 96 valence electrons. The molecule has 0 aliphatic carbocycles. The number of sulfonamides is 1. The molecule has 0 fully saturated rings. The van der Waals surface area contributed by atoms with E-state index in [4.69, 9.17) is 0 Å². The van der Waals surface area contributed by atoms with E-state index in [1.807, 2.05) is 6.92 Å². The number of nitrogens with one attached hydrogen (secondary N) is 1. The molecule has 0 aromatic heterocycles. The van der Waals surface area contributed by atoms with Crippen molar-refractivity contribution in [2.75, 3.05) is 6.54 Å². The van der Waals surface area contributed by atoms with Gasteiger partial charge in [0.2, 0.25) is 10.0 Å². The van der Waals surface area contributed by atoms with Crippen LogP contribution in [0.25, 0.3) is 10.8 Å². The first-order chi connectivity index (χ1) is 8.53. The summed E-state index contributed by atoms with van der Waals surface area (Å²) in [4.78, 5) is 0.245. The summed E-state index contributed by atoms with van der Waals surface area (Å²) in [6, 6.07) is 9.68. The first-order valence-electron chi connectivity index (χ1n) is 5.75. The minimum atomic E-state index is -3.44. The molecule has 0 aliphatic heterocycles. The number of aromatic hydroxyl groups is 1. The number of benzene rings is 2. The van der Waals surface area contributed by atoms with Crippen LogP contribution in [0.15, 0.2) is 41.3 Å². The highest BCUT2D eigenvalue weighted by atomic mass is 32.2. The lowest BCUT2D eigenvalue weighted by Gasteiger charge is -2.07. The maximum Gasteiger partial charge on any atom is 0.240 e. The summed E-state index contributed by atoms with van der Waals surface area (Å²) < 4.78 is 26.4. The SMILES string of the molecule is CCCNS(=O)(=O)c1ccc2cc(O)ccc2c1. The minimum absolute atomic E-state index is 0.169. The van der Waals surface area contributed by atoms with E-state index >= 15 is 0 Å². The maximum atomic E-state index is 11.9. The predicted molar refractivity (Wildman–Crippen MR) is 71.1 cm³/mol. The fourth-order valence-corrected chi connectivity index (χ4v) is 2.87. The number of rotatable bonds is 4. The zero-order valence-corrected chi connectivity index (χ0v) is 10.9. The van der Waals surface area contributed by atoms with Crippen molar-refractivity contribution in [2.45, 2.75) is 18.2 Å². The zero-order valence-electron chi connectivity index (χ0n) is 10.1. The molecule has 0 saturated carbocycles. The summed E-state index contributed by atoms with van der Waals surface area (Å²) in [5, 5.41) is 10.9. The van der Waals surface area contributed by atoms with Crippen LogP contribution in [0.2, 0.25) is 0 Å². The highest BCUT2D eigenvalue weighted by molar-refractivity contribution is 7.89. The van der Waals surface area contributed by atoms with Gasteiger partial charge in [-0.2, -0.15) is 0 Å². The zero-order chi connectivity index (χ0) is 13.2. The fraction of sp³-hybridized carbons (Fsp3) is 0.231. The van der Waals surface area contributed by atoms with Crippen LogP contribution >= 0.6 is 0 Å². The van der Waals surface area contributed by atoms with E-state index in [9.17, 15) is 13.5 Å². The third-order valence-corrected chi connectivity index (χ3v) is 4.11. The Morgan fingerprint density at radius 2 is 1.78 bits per heavy atom. The van der Waals surface area contributed by atoms with E-state index < -0.39 is 10.0 Å². The van der Waals surface area contributed by atoms with E-state index in [0.29, 0.717) is 6.54 Å². The van der Waals surface area contributed by atoms with Gasteiger partial charge in [-0.3, -0.25) is 0 Å². The van der Waals surface area contributed by atoms with Crippen molar-refractivity contribution in [3.05, 3.63) is 36.4 Å². The quantitative estimate of drug-likeness (QED) is 0.891. The molecule has 2 N–H and O–H groups in total. The van der Waals surface area contributed by atoms with Crippen LogP contribution in [0.1, 0.15) is 13.3 Å². The van der Waals surface area contributed by atoms with Gasteiger partial charge in [0.1, 0.15) is 5.75 Å². The number of hydrogen-bond donors (Lipinski definition) is 2. The molecule has 0 unspecified atom stereocenters. The fourth-order valence-electron chi connectivity index (χ4n) is 1.70. The monoisotopic (exact) mass is 265 g/mol.